The van der Waals surface area contributed by atoms with Crippen LogP contribution in [0.2, 0.25) is 0 Å². The topological polar surface area (TPSA) is 50.6 Å². The van der Waals surface area contributed by atoms with Gasteiger partial charge in [0.15, 0.2) is 0 Å². The van der Waals surface area contributed by atoms with E-state index in [4.69, 9.17) is 4.74 Å². The van der Waals surface area contributed by atoms with Crippen LogP contribution in [-0.4, -0.2) is 58.1 Å². The minimum atomic E-state index is 0.117. The molecule has 0 aliphatic carbocycles. The molecule has 2 aromatic heterocycles. The number of ether oxygens (including phenoxy) is 1. The molecule has 0 bridgehead atoms. The lowest BCUT2D eigenvalue weighted by Gasteiger charge is -2.27. The van der Waals surface area contributed by atoms with E-state index in [0.29, 0.717) is 0 Å². The highest BCUT2D eigenvalue weighted by atomic mass is 16.5. The van der Waals surface area contributed by atoms with E-state index in [0.717, 1.165) is 63.6 Å². The molecule has 6 nitrogen and oxygen atoms in total. The molecule has 1 amide bonds. The zero-order chi connectivity index (χ0) is 17.9. The summed E-state index contributed by atoms with van der Waals surface area (Å²) < 4.78 is 7.32. The van der Waals surface area contributed by atoms with Crippen molar-refractivity contribution in [3.05, 3.63) is 53.6 Å². The third-order valence-electron chi connectivity index (χ3n) is 5.39. The van der Waals surface area contributed by atoms with E-state index < -0.39 is 0 Å². The lowest BCUT2D eigenvalue weighted by atomic mass is 10.0. The molecule has 0 aromatic carbocycles. The SMILES string of the molecule is Cn1cccc1C(=O)N1CCC[C@@H]1c1ccnc(CN2CCOCC2)c1. The number of hydrogen-bond acceptors (Lipinski definition) is 4. The molecule has 138 valence electrons. The van der Waals surface area contributed by atoms with E-state index in [9.17, 15) is 4.79 Å². The van der Waals surface area contributed by atoms with E-state index >= 15 is 0 Å². The van der Waals surface area contributed by atoms with Crippen LogP contribution in [0.15, 0.2) is 36.7 Å². The number of carbonyl (C=O) groups is 1. The number of likely N-dealkylation sites (tertiary alicyclic amines) is 1. The molecular formula is C20H26N4O2. The van der Waals surface area contributed by atoms with Crippen LogP contribution in [0.5, 0.6) is 0 Å². The molecule has 1 atom stereocenters. The van der Waals surface area contributed by atoms with Crippen molar-refractivity contribution < 1.29 is 9.53 Å². The highest BCUT2D eigenvalue weighted by molar-refractivity contribution is 5.93. The lowest BCUT2D eigenvalue weighted by molar-refractivity contribution is 0.0336. The van der Waals surface area contributed by atoms with Gasteiger partial charge in [-0.25, -0.2) is 0 Å². The Morgan fingerprint density at radius 2 is 2.12 bits per heavy atom. The Hall–Kier alpha value is -2.18. The molecule has 2 fully saturated rings. The maximum absolute atomic E-state index is 13.0. The molecule has 2 saturated heterocycles. The van der Waals surface area contributed by atoms with Crippen LogP contribution < -0.4 is 0 Å². The fraction of sp³-hybridized carbons (Fsp3) is 0.500. The predicted octanol–water partition coefficient (Wildman–Crippen LogP) is 2.23. The number of carbonyl (C=O) groups excluding carboxylic acids is 1. The largest absolute Gasteiger partial charge is 0.379 e. The molecule has 2 aliphatic heterocycles. The fourth-order valence-corrected chi connectivity index (χ4v) is 3.97. The highest BCUT2D eigenvalue weighted by Crippen LogP contribution is 2.33. The maximum Gasteiger partial charge on any atom is 0.270 e. The second kappa shape index (κ2) is 7.60. The molecule has 2 aliphatic rings. The van der Waals surface area contributed by atoms with E-state index in [1.165, 1.54) is 5.56 Å². The third-order valence-corrected chi connectivity index (χ3v) is 5.39. The first-order valence-electron chi connectivity index (χ1n) is 9.39. The molecule has 2 aromatic rings. The van der Waals surface area contributed by atoms with Crippen molar-refractivity contribution in [3.8, 4) is 0 Å². The van der Waals surface area contributed by atoms with Gasteiger partial charge in [-0.3, -0.25) is 14.7 Å². The molecule has 4 heterocycles. The standard InChI is InChI=1S/C20H26N4O2/c1-22-8-2-5-19(22)20(25)24-9-3-4-18(24)16-6-7-21-17(14-16)15-23-10-12-26-13-11-23/h2,5-8,14,18H,3-4,9-13,15H2,1H3/t18-/m1/s1. The normalized spacial score (nSPS) is 21.3. The number of amides is 1. The number of hydrogen-bond donors (Lipinski definition) is 0. The Kier molecular flexibility index (Phi) is 5.04. The Labute approximate surface area is 154 Å². The van der Waals surface area contributed by atoms with Crippen LogP contribution in [-0.2, 0) is 18.3 Å². The van der Waals surface area contributed by atoms with Crippen LogP contribution in [0, 0.1) is 0 Å². The second-order valence-electron chi connectivity index (χ2n) is 7.13. The van der Waals surface area contributed by atoms with Gasteiger partial charge >= 0.3 is 0 Å². The number of nitrogens with zero attached hydrogens (tertiary/aromatic N) is 4. The van der Waals surface area contributed by atoms with Crippen molar-refractivity contribution in [1.29, 1.82) is 0 Å². The first-order valence-corrected chi connectivity index (χ1v) is 9.39. The first kappa shape index (κ1) is 17.2. The molecular weight excluding hydrogens is 328 g/mol. The molecule has 4 rings (SSSR count). The molecule has 0 radical (unpaired) electrons. The van der Waals surface area contributed by atoms with Gasteiger partial charge < -0.3 is 14.2 Å². The Balaban J connectivity index is 1.51. The van der Waals surface area contributed by atoms with Gasteiger partial charge in [0.25, 0.3) is 5.91 Å². The average molecular weight is 354 g/mol. The summed E-state index contributed by atoms with van der Waals surface area (Å²) in [7, 11) is 1.92. The van der Waals surface area contributed by atoms with Gasteiger partial charge in [0.05, 0.1) is 24.9 Å². The van der Waals surface area contributed by atoms with Crippen molar-refractivity contribution >= 4 is 5.91 Å². The molecule has 6 heteroatoms. The summed E-state index contributed by atoms with van der Waals surface area (Å²) in [5.41, 5.74) is 3.02. The maximum atomic E-state index is 13.0. The van der Waals surface area contributed by atoms with Crippen LogP contribution in [0.3, 0.4) is 0 Å². The summed E-state index contributed by atoms with van der Waals surface area (Å²) in [5.74, 6) is 0.117. The van der Waals surface area contributed by atoms with E-state index in [1.807, 2.05) is 41.0 Å². The number of aryl methyl sites for hydroxylation is 1. The minimum Gasteiger partial charge on any atom is -0.379 e. The van der Waals surface area contributed by atoms with Gasteiger partial charge in [-0.1, -0.05) is 0 Å². The zero-order valence-electron chi connectivity index (χ0n) is 15.3. The summed E-state index contributed by atoms with van der Waals surface area (Å²) in [5, 5.41) is 0. The first-order chi connectivity index (χ1) is 12.7. The van der Waals surface area contributed by atoms with Crippen molar-refractivity contribution in [2.75, 3.05) is 32.8 Å². The summed E-state index contributed by atoms with van der Waals surface area (Å²) in [6.07, 6.45) is 5.86. The van der Waals surface area contributed by atoms with Crippen LogP contribution in [0.4, 0.5) is 0 Å². The third kappa shape index (κ3) is 3.52. The predicted molar refractivity (Wildman–Crippen MR) is 98.8 cm³/mol. The van der Waals surface area contributed by atoms with E-state index in [1.54, 1.807) is 0 Å². The van der Waals surface area contributed by atoms with E-state index in [-0.39, 0.29) is 11.9 Å². The van der Waals surface area contributed by atoms with Gasteiger partial charge in [0, 0.05) is 45.6 Å². The van der Waals surface area contributed by atoms with Crippen LogP contribution in [0.25, 0.3) is 0 Å². The number of pyridine rings is 1. The molecule has 0 spiro atoms. The molecule has 26 heavy (non-hydrogen) atoms. The van der Waals surface area contributed by atoms with Crippen molar-refractivity contribution in [3.63, 3.8) is 0 Å². The van der Waals surface area contributed by atoms with Crippen LogP contribution in [0.1, 0.15) is 40.6 Å². The van der Waals surface area contributed by atoms with Crippen molar-refractivity contribution in [2.24, 2.45) is 7.05 Å². The number of rotatable bonds is 4. The van der Waals surface area contributed by atoms with Gasteiger partial charge in [0.1, 0.15) is 5.69 Å². The zero-order valence-corrected chi connectivity index (χ0v) is 15.3. The van der Waals surface area contributed by atoms with Gasteiger partial charge in [-0.05, 0) is 42.7 Å². The number of morpholine rings is 1. The Morgan fingerprint density at radius 1 is 1.27 bits per heavy atom. The average Bonchev–Trinajstić information content (AvgIpc) is 3.31. The lowest BCUT2D eigenvalue weighted by Crippen LogP contribution is -2.36. The summed E-state index contributed by atoms with van der Waals surface area (Å²) in [4.78, 5) is 21.9. The molecule has 0 unspecified atom stereocenters. The number of aromatic nitrogens is 2. The smallest absolute Gasteiger partial charge is 0.270 e. The minimum absolute atomic E-state index is 0.117. The second-order valence-corrected chi connectivity index (χ2v) is 7.13. The monoisotopic (exact) mass is 354 g/mol. The van der Waals surface area contributed by atoms with Crippen molar-refractivity contribution in [1.82, 2.24) is 19.4 Å². The van der Waals surface area contributed by atoms with E-state index in [2.05, 4.69) is 22.0 Å². The summed E-state index contributed by atoms with van der Waals surface area (Å²) in [6.45, 7) is 5.15. The van der Waals surface area contributed by atoms with Crippen molar-refractivity contribution in [2.45, 2.75) is 25.4 Å². The fourth-order valence-electron chi connectivity index (χ4n) is 3.97. The highest BCUT2D eigenvalue weighted by Gasteiger charge is 2.31. The Bertz CT molecular complexity index is 767. The quantitative estimate of drug-likeness (QED) is 0.845. The summed E-state index contributed by atoms with van der Waals surface area (Å²) >= 11 is 0. The molecule has 0 saturated carbocycles. The van der Waals surface area contributed by atoms with Crippen LogP contribution >= 0.6 is 0 Å². The van der Waals surface area contributed by atoms with Gasteiger partial charge in [-0.2, -0.15) is 0 Å². The van der Waals surface area contributed by atoms with Gasteiger partial charge in [0.2, 0.25) is 0 Å². The Morgan fingerprint density at radius 3 is 2.88 bits per heavy atom. The summed E-state index contributed by atoms with van der Waals surface area (Å²) in [6, 6.07) is 8.20. The van der Waals surface area contributed by atoms with Gasteiger partial charge in [-0.15, -0.1) is 0 Å². The molecule has 0 N–H and O–H groups in total.